The van der Waals surface area contributed by atoms with Gasteiger partial charge < -0.3 is 20.3 Å². The summed E-state index contributed by atoms with van der Waals surface area (Å²) in [4.78, 5) is 56.6. The summed E-state index contributed by atoms with van der Waals surface area (Å²) < 4.78 is 6.75. The number of hydrogen-bond acceptors (Lipinski definition) is 7. The maximum Gasteiger partial charge on any atom is 0.270 e. The summed E-state index contributed by atoms with van der Waals surface area (Å²) >= 11 is 0. The van der Waals surface area contributed by atoms with E-state index in [1.54, 1.807) is 24.0 Å². The highest BCUT2D eigenvalue weighted by Gasteiger charge is 2.26. The average molecular weight is 505 g/mol. The number of ether oxygens (including phenoxy) is 1. The van der Waals surface area contributed by atoms with Crippen molar-refractivity contribution in [1.29, 1.82) is 0 Å². The van der Waals surface area contributed by atoms with E-state index in [0.717, 1.165) is 30.4 Å². The molecule has 3 amide bonds. The molecule has 3 aromatic rings. The average Bonchev–Trinajstić information content (AvgIpc) is 3.39. The predicted molar refractivity (Wildman–Crippen MR) is 132 cm³/mol. The van der Waals surface area contributed by atoms with Crippen LogP contribution < -0.4 is 15.4 Å². The number of carbonyl (C=O) groups is 4. The molecule has 2 N–H and O–H groups in total. The van der Waals surface area contributed by atoms with Crippen LogP contribution in [0.1, 0.15) is 58.3 Å². The quantitative estimate of drug-likeness (QED) is 0.517. The summed E-state index contributed by atoms with van der Waals surface area (Å²) in [6, 6.07) is 7.68. The number of nitrogens with zero attached hydrogens (tertiary/aromatic N) is 4. The Balaban J connectivity index is 1.29. The zero-order chi connectivity index (χ0) is 25.9. The lowest BCUT2D eigenvalue weighted by Crippen LogP contribution is -2.48. The van der Waals surface area contributed by atoms with Gasteiger partial charge in [0.25, 0.3) is 11.8 Å². The van der Waals surface area contributed by atoms with Crippen molar-refractivity contribution in [2.45, 2.75) is 45.2 Å². The Bertz CT molecular complexity index is 1380. The molecule has 37 heavy (non-hydrogen) atoms. The number of hydrogen-bond donors (Lipinski definition) is 2. The van der Waals surface area contributed by atoms with E-state index in [4.69, 9.17) is 4.74 Å². The summed E-state index contributed by atoms with van der Waals surface area (Å²) in [6.07, 6.45) is 4.80. The fourth-order valence-electron chi connectivity index (χ4n) is 4.63. The van der Waals surface area contributed by atoms with Crippen LogP contribution in [0.5, 0.6) is 5.75 Å². The number of likely N-dealkylation sites (tertiary alicyclic amines) is 1. The number of carbonyl (C=O) groups excluding carboxylic acids is 4. The van der Waals surface area contributed by atoms with E-state index in [9.17, 15) is 19.2 Å². The SMILES string of the molecule is C[C@H](NC(=O)c1cc(C(=O)NCc2ccc3c(c2)CC(=O)CO3)nc2ccnn12)C(=O)N1CCCCC1. The van der Waals surface area contributed by atoms with E-state index in [0.29, 0.717) is 30.9 Å². The molecule has 0 spiro atoms. The maximum atomic E-state index is 13.1. The normalized spacial score (nSPS) is 16.0. The molecule has 0 saturated carbocycles. The van der Waals surface area contributed by atoms with E-state index in [2.05, 4.69) is 20.7 Å². The topological polar surface area (TPSA) is 135 Å². The molecular formula is C26H28N6O5. The van der Waals surface area contributed by atoms with Gasteiger partial charge in [-0.1, -0.05) is 6.07 Å². The van der Waals surface area contributed by atoms with Gasteiger partial charge in [0, 0.05) is 43.8 Å². The van der Waals surface area contributed by atoms with Crippen LogP contribution in [0.4, 0.5) is 0 Å². The van der Waals surface area contributed by atoms with Crippen molar-refractivity contribution in [3.8, 4) is 5.75 Å². The number of fused-ring (bicyclic) bond motifs is 2. The first kappa shape index (κ1) is 24.4. The van der Waals surface area contributed by atoms with Crippen molar-refractivity contribution in [2.75, 3.05) is 19.7 Å². The van der Waals surface area contributed by atoms with E-state index in [-0.39, 0.29) is 36.2 Å². The number of benzene rings is 1. The number of ketones is 1. The van der Waals surface area contributed by atoms with Crippen molar-refractivity contribution in [2.24, 2.45) is 0 Å². The Morgan fingerprint density at radius 3 is 2.70 bits per heavy atom. The molecule has 0 aliphatic carbocycles. The summed E-state index contributed by atoms with van der Waals surface area (Å²) in [6.45, 7) is 3.31. The lowest BCUT2D eigenvalue weighted by atomic mass is 10.0. The van der Waals surface area contributed by atoms with Crippen LogP contribution in [0.3, 0.4) is 0 Å². The molecule has 4 heterocycles. The minimum Gasteiger partial charge on any atom is -0.486 e. The van der Waals surface area contributed by atoms with Crippen molar-refractivity contribution in [1.82, 2.24) is 30.1 Å². The Labute approximate surface area is 213 Å². The Morgan fingerprint density at radius 1 is 1.08 bits per heavy atom. The summed E-state index contributed by atoms with van der Waals surface area (Å²) in [5.41, 5.74) is 2.07. The van der Waals surface area contributed by atoms with Gasteiger partial charge in [0.2, 0.25) is 5.91 Å². The highest BCUT2D eigenvalue weighted by atomic mass is 16.5. The number of rotatable bonds is 6. The second-order valence-electron chi connectivity index (χ2n) is 9.34. The standard InChI is InChI=1S/C26H28N6O5/c1-16(26(36)31-9-3-2-4-10-31)29-25(35)21-13-20(30-23-7-8-28-32(21)23)24(34)27-14-17-5-6-22-18(11-17)12-19(33)15-37-22/h5-8,11,13,16H,2-4,9-10,12,14-15H2,1H3,(H,27,34)(H,29,35)/t16-/m0/s1. The molecule has 5 rings (SSSR count). The van der Waals surface area contributed by atoms with Crippen molar-refractivity contribution in [3.05, 3.63) is 59.0 Å². The fraction of sp³-hybridized carbons (Fsp3) is 0.385. The molecule has 11 nitrogen and oxygen atoms in total. The molecule has 2 aliphatic rings. The number of piperidine rings is 1. The zero-order valence-corrected chi connectivity index (χ0v) is 20.5. The largest absolute Gasteiger partial charge is 0.486 e. The minimum absolute atomic E-state index is 0.00440. The van der Waals surface area contributed by atoms with Gasteiger partial charge in [0.05, 0.1) is 6.20 Å². The van der Waals surface area contributed by atoms with Crippen LogP contribution in [0, 0.1) is 0 Å². The van der Waals surface area contributed by atoms with Gasteiger partial charge in [0.1, 0.15) is 29.8 Å². The van der Waals surface area contributed by atoms with E-state index in [1.807, 2.05) is 12.1 Å². The van der Waals surface area contributed by atoms with Crippen LogP contribution in [-0.4, -0.2) is 68.7 Å². The van der Waals surface area contributed by atoms with E-state index >= 15 is 0 Å². The molecule has 11 heteroatoms. The van der Waals surface area contributed by atoms with Gasteiger partial charge in [-0.2, -0.15) is 5.10 Å². The number of Topliss-reactive ketones (excluding diaryl/α,β-unsaturated/α-hetero) is 1. The molecule has 192 valence electrons. The highest BCUT2D eigenvalue weighted by molar-refractivity contribution is 6.00. The lowest BCUT2D eigenvalue weighted by Gasteiger charge is -2.29. The maximum absolute atomic E-state index is 13.1. The molecule has 0 unspecified atom stereocenters. The Morgan fingerprint density at radius 2 is 1.89 bits per heavy atom. The molecule has 2 aromatic heterocycles. The van der Waals surface area contributed by atoms with Crippen LogP contribution in [0.25, 0.3) is 5.65 Å². The van der Waals surface area contributed by atoms with Crippen molar-refractivity contribution in [3.63, 3.8) is 0 Å². The number of nitrogens with one attached hydrogen (secondary N) is 2. The highest BCUT2D eigenvalue weighted by Crippen LogP contribution is 2.24. The second-order valence-corrected chi connectivity index (χ2v) is 9.34. The third-order valence-corrected chi connectivity index (χ3v) is 6.56. The zero-order valence-electron chi connectivity index (χ0n) is 20.5. The lowest BCUT2D eigenvalue weighted by molar-refractivity contribution is -0.133. The van der Waals surface area contributed by atoms with Crippen LogP contribution in [0.2, 0.25) is 0 Å². The Kier molecular flexibility index (Phi) is 6.85. The predicted octanol–water partition coefficient (Wildman–Crippen LogP) is 1.29. The third kappa shape index (κ3) is 5.30. The first-order valence-corrected chi connectivity index (χ1v) is 12.4. The molecule has 0 bridgehead atoms. The van der Waals surface area contributed by atoms with Gasteiger partial charge >= 0.3 is 0 Å². The molecular weight excluding hydrogens is 476 g/mol. The number of amides is 3. The molecule has 1 atom stereocenters. The summed E-state index contributed by atoms with van der Waals surface area (Å²) in [5, 5.41) is 9.70. The molecule has 1 fully saturated rings. The minimum atomic E-state index is -0.721. The monoisotopic (exact) mass is 504 g/mol. The fourth-order valence-corrected chi connectivity index (χ4v) is 4.63. The second kappa shape index (κ2) is 10.4. The summed E-state index contributed by atoms with van der Waals surface area (Å²) in [7, 11) is 0. The summed E-state index contributed by atoms with van der Waals surface area (Å²) in [5.74, 6) is -0.451. The van der Waals surface area contributed by atoms with Crippen molar-refractivity contribution >= 4 is 29.2 Å². The van der Waals surface area contributed by atoms with Crippen LogP contribution in [-0.2, 0) is 22.6 Å². The molecule has 2 aliphatic heterocycles. The first-order valence-electron chi connectivity index (χ1n) is 12.4. The molecule has 0 radical (unpaired) electrons. The molecule has 1 saturated heterocycles. The van der Waals surface area contributed by atoms with Gasteiger partial charge in [-0.15, -0.1) is 0 Å². The van der Waals surface area contributed by atoms with Gasteiger partial charge in [-0.05, 0) is 43.9 Å². The van der Waals surface area contributed by atoms with Gasteiger partial charge in [0.15, 0.2) is 11.4 Å². The third-order valence-electron chi connectivity index (χ3n) is 6.56. The van der Waals surface area contributed by atoms with Crippen molar-refractivity contribution < 1.29 is 23.9 Å². The Hall–Kier alpha value is -4.28. The van der Waals surface area contributed by atoms with Crippen LogP contribution >= 0.6 is 0 Å². The van der Waals surface area contributed by atoms with Gasteiger partial charge in [-0.3, -0.25) is 19.2 Å². The number of aromatic nitrogens is 3. The van der Waals surface area contributed by atoms with E-state index < -0.39 is 17.9 Å². The molecule has 1 aromatic carbocycles. The van der Waals surface area contributed by atoms with Crippen LogP contribution in [0.15, 0.2) is 36.5 Å². The van der Waals surface area contributed by atoms with Gasteiger partial charge in [-0.25, -0.2) is 9.50 Å². The smallest absolute Gasteiger partial charge is 0.270 e. The first-order chi connectivity index (χ1) is 17.9. The van der Waals surface area contributed by atoms with E-state index in [1.165, 1.54) is 16.8 Å².